The van der Waals surface area contributed by atoms with Crippen LogP contribution in [0.3, 0.4) is 0 Å². The Morgan fingerprint density at radius 1 is 1.10 bits per heavy atom. The largest absolute Gasteiger partial charge is 0.295 e. The number of aliphatic imine (C=N–C) groups is 1. The molecule has 1 atom stereocenters. The van der Waals surface area contributed by atoms with Crippen molar-refractivity contribution in [2.24, 2.45) is 4.99 Å². The highest BCUT2D eigenvalue weighted by molar-refractivity contribution is 8.01. The molecule has 1 amide bonds. The number of fused-ring (bicyclic) bond motifs is 2. The fraction of sp³-hybridized carbons (Fsp3) is 0.176. The van der Waals surface area contributed by atoms with Gasteiger partial charge in [0.25, 0.3) is 0 Å². The van der Waals surface area contributed by atoms with E-state index in [1.807, 2.05) is 53.4 Å². The summed E-state index contributed by atoms with van der Waals surface area (Å²) in [6.07, 6.45) is 0.546. The topological polar surface area (TPSA) is 32.7 Å². The first-order chi connectivity index (χ1) is 10.3. The highest BCUT2D eigenvalue weighted by Gasteiger charge is 2.39. The second-order valence-corrected chi connectivity index (χ2v) is 6.46. The van der Waals surface area contributed by atoms with E-state index in [0.717, 1.165) is 17.1 Å². The Labute approximate surface area is 127 Å². The van der Waals surface area contributed by atoms with Crippen molar-refractivity contribution in [1.29, 1.82) is 0 Å². The van der Waals surface area contributed by atoms with Gasteiger partial charge < -0.3 is 0 Å². The summed E-state index contributed by atoms with van der Waals surface area (Å²) >= 11 is 1.75. The summed E-state index contributed by atoms with van der Waals surface area (Å²) in [4.78, 5) is 20.1. The Kier molecular flexibility index (Phi) is 3.04. The lowest BCUT2D eigenvalue weighted by molar-refractivity contribution is -0.126. The van der Waals surface area contributed by atoms with E-state index in [1.54, 1.807) is 11.8 Å². The maximum atomic E-state index is 12.3. The standard InChI is InChI=1S/C17H14N2OS/c20-16-10-15-17(18-13-8-4-5-9-14(13)21-15)19(16)11-12-6-2-1-3-7-12/h1-9,15H,10-11H2/t15-/m1/s1. The van der Waals surface area contributed by atoms with Gasteiger partial charge in [-0.2, -0.15) is 0 Å². The molecule has 1 saturated heterocycles. The number of rotatable bonds is 2. The van der Waals surface area contributed by atoms with Crippen LogP contribution in [0.4, 0.5) is 5.69 Å². The number of hydrogen-bond acceptors (Lipinski definition) is 3. The van der Waals surface area contributed by atoms with Crippen molar-refractivity contribution in [1.82, 2.24) is 4.90 Å². The van der Waals surface area contributed by atoms with Gasteiger partial charge in [-0.05, 0) is 17.7 Å². The number of amidine groups is 1. The summed E-state index contributed by atoms with van der Waals surface area (Å²) in [5.74, 6) is 1.08. The second kappa shape index (κ2) is 5.04. The van der Waals surface area contributed by atoms with Crippen LogP contribution in [0.25, 0.3) is 0 Å². The maximum Gasteiger partial charge on any atom is 0.229 e. The minimum atomic E-state index is 0.163. The summed E-state index contributed by atoms with van der Waals surface area (Å²) < 4.78 is 0. The Bertz CT molecular complexity index is 727. The number of hydrogen-bond donors (Lipinski definition) is 0. The Balaban J connectivity index is 1.69. The lowest BCUT2D eigenvalue weighted by Crippen LogP contribution is -2.31. The Morgan fingerprint density at radius 2 is 1.86 bits per heavy atom. The Morgan fingerprint density at radius 3 is 2.71 bits per heavy atom. The molecule has 4 heteroatoms. The molecule has 0 aliphatic carbocycles. The van der Waals surface area contributed by atoms with E-state index < -0.39 is 0 Å². The normalized spacial score (nSPS) is 20.0. The van der Waals surface area contributed by atoms with Crippen molar-refractivity contribution >= 4 is 29.2 Å². The van der Waals surface area contributed by atoms with E-state index in [4.69, 9.17) is 4.99 Å². The molecule has 0 unspecified atom stereocenters. The van der Waals surface area contributed by atoms with Gasteiger partial charge in [0, 0.05) is 11.3 Å². The first kappa shape index (κ1) is 12.7. The van der Waals surface area contributed by atoms with Gasteiger partial charge in [-0.25, -0.2) is 4.99 Å². The molecule has 4 rings (SSSR count). The molecule has 0 aromatic heterocycles. The molecule has 104 valence electrons. The molecule has 21 heavy (non-hydrogen) atoms. The predicted octanol–water partition coefficient (Wildman–Crippen LogP) is 3.62. The van der Waals surface area contributed by atoms with Crippen LogP contribution in [0.15, 0.2) is 64.5 Å². The van der Waals surface area contributed by atoms with Crippen LogP contribution < -0.4 is 0 Å². The van der Waals surface area contributed by atoms with Crippen molar-refractivity contribution in [3.05, 3.63) is 60.2 Å². The number of amides is 1. The Hall–Kier alpha value is -2.07. The molecular weight excluding hydrogens is 280 g/mol. The molecule has 2 aromatic carbocycles. The van der Waals surface area contributed by atoms with Gasteiger partial charge in [0.15, 0.2) is 0 Å². The van der Waals surface area contributed by atoms with Crippen LogP contribution >= 0.6 is 11.8 Å². The average molecular weight is 294 g/mol. The minimum Gasteiger partial charge on any atom is -0.295 e. The number of nitrogens with zero attached hydrogens (tertiary/aromatic N) is 2. The number of likely N-dealkylation sites (tertiary alicyclic amines) is 1. The molecule has 0 N–H and O–H groups in total. The van der Waals surface area contributed by atoms with Gasteiger partial charge in [-0.3, -0.25) is 9.69 Å². The van der Waals surface area contributed by atoms with Crippen LogP contribution in [0.5, 0.6) is 0 Å². The molecule has 1 fully saturated rings. The quantitative estimate of drug-likeness (QED) is 0.847. The molecule has 0 spiro atoms. The van der Waals surface area contributed by atoms with Crippen LogP contribution in [0.1, 0.15) is 12.0 Å². The smallest absolute Gasteiger partial charge is 0.229 e. The number of thioether (sulfide) groups is 1. The van der Waals surface area contributed by atoms with Crippen molar-refractivity contribution in [2.75, 3.05) is 0 Å². The first-order valence-electron chi connectivity index (χ1n) is 7.00. The lowest BCUT2D eigenvalue weighted by atomic mass is 10.2. The molecule has 0 bridgehead atoms. The third kappa shape index (κ3) is 2.25. The van der Waals surface area contributed by atoms with Crippen LogP contribution in [0, 0.1) is 0 Å². The third-order valence-corrected chi connectivity index (χ3v) is 5.04. The summed E-state index contributed by atoms with van der Waals surface area (Å²) in [6.45, 7) is 0.609. The molecule has 2 aliphatic rings. The zero-order valence-corrected chi connectivity index (χ0v) is 12.2. The van der Waals surface area contributed by atoms with Gasteiger partial charge >= 0.3 is 0 Å². The summed E-state index contributed by atoms with van der Waals surface area (Å²) in [6, 6.07) is 18.2. The fourth-order valence-electron chi connectivity index (χ4n) is 2.75. The van der Waals surface area contributed by atoms with E-state index in [9.17, 15) is 4.79 Å². The SMILES string of the molecule is O=C1C[C@H]2Sc3ccccc3N=C2N1Cc1ccccc1. The maximum absolute atomic E-state index is 12.3. The zero-order valence-electron chi connectivity index (χ0n) is 11.4. The zero-order chi connectivity index (χ0) is 14.2. The molecule has 2 aliphatic heterocycles. The van der Waals surface area contributed by atoms with E-state index in [-0.39, 0.29) is 11.2 Å². The van der Waals surface area contributed by atoms with Crippen LogP contribution in [-0.4, -0.2) is 21.9 Å². The third-order valence-electron chi connectivity index (χ3n) is 3.78. The van der Waals surface area contributed by atoms with Gasteiger partial charge in [-0.15, -0.1) is 11.8 Å². The lowest BCUT2D eigenvalue weighted by Gasteiger charge is -2.23. The molecule has 3 nitrogen and oxygen atoms in total. The van der Waals surface area contributed by atoms with Crippen molar-refractivity contribution in [3.63, 3.8) is 0 Å². The first-order valence-corrected chi connectivity index (χ1v) is 7.88. The monoisotopic (exact) mass is 294 g/mol. The van der Waals surface area contributed by atoms with E-state index in [0.29, 0.717) is 13.0 Å². The summed E-state index contributed by atoms with van der Waals surface area (Å²) in [7, 11) is 0. The fourth-order valence-corrected chi connectivity index (χ4v) is 3.96. The minimum absolute atomic E-state index is 0.163. The van der Waals surface area contributed by atoms with Gasteiger partial charge in [-0.1, -0.05) is 42.5 Å². The van der Waals surface area contributed by atoms with Crippen molar-refractivity contribution < 1.29 is 4.79 Å². The second-order valence-electron chi connectivity index (χ2n) is 5.21. The van der Waals surface area contributed by atoms with Gasteiger partial charge in [0.2, 0.25) is 5.91 Å². The number of carbonyl (C=O) groups excluding carboxylic acids is 1. The highest BCUT2D eigenvalue weighted by Crippen LogP contribution is 2.42. The summed E-state index contributed by atoms with van der Waals surface area (Å²) in [5.41, 5.74) is 2.11. The average Bonchev–Trinajstić information content (AvgIpc) is 2.81. The molecule has 0 radical (unpaired) electrons. The molecular formula is C17H14N2OS. The summed E-state index contributed by atoms with van der Waals surface area (Å²) in [5, 5.41) is 0.163. The van der Waals surface area contributed by atoms with Gasteiger partial charge in [0.05, 0.1) is 17.5 Å². The molecule has 0 saturated carbocycles. The van der Waals surface area contributed by atoms with Crippen LogP contribution in [-0.2, 0) is 11.3 Å². The predicted molar refractivity (Wildman–Crippen MR) is 84.8 cm³/mol. The number of carbonyl (C=O) groups is 1. The van der Waals surface area contributed by atoms with Crippen LogP contribution in [0.2, 0.25) is 0 Å². The van der Waals surface area contributed by atoms with E-state index in [2.05, 4.69) is 6.07 Å². The number of benzene rings is 2. The number of para-hydroxylation sites is 1. The molecule has 2 aromatic rings. The highest BCUT2D eigenvalue weighted by atomic mass is 32.2. The van der Waals surface area contributed by atoms with E-state index in [1.165, 1.54) is 4.90 Å². The van der Waals surface area contributed by atoms with Crippen molar-refractivity contribution in [3.8, 4) is 0 Å². The van der Waals surface area contributed by atoms with Crippen molar-refractivity contribution in [2.45, 2.75) is 23.1 Å². The van der Waals surface area contributed by atoms with E-state index >= 15 is 0 Å². The molecule has 2 heterocycles. The van der Waals surface area contributed by atoms with Gasteiger partial charge in [0.1, 0.15) is 5.84 Å².